The van der Waals surface area contributed by atoms with Gasteiger partial charge < -0.3 is 10.1 Å². The summed E-state index contributed by atoms with van der Waals surface area (Å²) in [6.07, 6.45) is -4.77. The summed E-state index contributed by atoms with van der Waals surface area (Å²) in [6, 6.07) is 10.0. The maximum atomic E-state index is 12.9. The minimum absolute atomic E-state index is 0.171. The molecule has 6 nitrogen and oxygen atoms in total. The summed E-state index contributed by atoms with van der Waals surface area (Å²) in [7, 11) is 0. The second-order valence-corrected chi connectivity index (χ2v) is 5.84. The van der Waals surface area contributed by atoms with Crippen LogP contribution in [0.25, 0.3) is 0 Å². The molecule has 2 aromatic carbocycles. The minimum Gasteiger partial charge on any atom is -0.491 e. The number of nitrogens with one attached hydrogen (secondary N) is 1. The van der Waals surface area contributed by atoms with Crippen LogP contribution >= 0.6 is 0 Å². The lowest BCUT2D eigenvalue weighted by Gasteiger charge is -2.18. The van der Waals surface area contributed by atoms with Crippen molar-refractivity contribution in [3.63, 3.8) is 0 Å². The zero-order valence-corrected chi connectivity index (χ0v) is 14.3. The third-order valence-electron chi connectivity index (χ3n) is 3.63. The van der Waals surface area contributed by atoms with Crippen molar-refractivity contribution < 1.29 is 27.6 Å². The van der Waals surface area contributed by atoms with Crippen LogP contribution in [-0.2, 0) is 17.4 Å². The predicted octanol–water partition coefficient (Wildman–Crippen LogP) is 3.74. The predicted molar refractivity (Wildman–Crippen MR) is 91.3 cm³/mol. The first-order valence-electron chi connectivity index (χ1n) is 7.99. The Balaban J connectivity index is 1.94. The number of ether oxygens (including phenoxy) is 1. The molecule has 0 heterocycles. The van der Waals surface area contributed by atoms with Crippen LogP contribution in [0.3, 0.4) is 0 Å². The molecule has 0 aliphatic carbocycles. The number of carbonyl (C=O) groups is 1. The van der Waals surface area contributed by atoms with E-state index in [1.807, 2.05) is 0 Å². The van der Waals surface area contributed by atoms with Gasteiger partial charge in [-0.05, 0) is 19.1 Å². The van der Waals surface area contributed by atoms with Gasteiger partial charge in [-0.15, -0.1) is 0 Å². The summed E-state index contributed by atoms with van der Waals surface area (Å²) >= 11 is 0. The lowest BCUT2D eigenvalue weighted by Crippen LogP contribution is -2.37. The van der Waals surface area contributed by atoms with Gasteiger partial charge in [0.1, 0.15) is 12.4 Å². The van der Waals surface area contributed by atoms with Gasteiger partial charge in [0.25, 0.3) is 5.69 Å². The topological polar surface area (TPSA) is 81.5 Å². The molecule has 2 rings (SSSR count). The number of carbonyl (C=O) groups excluding carboxylic acids is 1. The quantitative estimate of drug-likeness (QED) is 0.584. The number of rotatable bonds is 7. The van der Waals surface area contributed by atoms with Crippen LogP contribution in [0.4, 0.5) is 18.9 Å². The Labute approximate surface area is 153 Å². The molecular formula is C18H17F3N2O4. The molecule has 9 heteroatoms. The van der Waals surface area contributed by atoms with Gasteiger partial charge in [-0.2, -0.15) is 13.2 Å². The molecular weight excluding hydrogens is 365 g/mol. The van der Waals surface area contributed by atoms with Crippen LogP contribution in [0.1, 0.15) is 18.1 Å². The monoisotopic (exact) mass is 382 g/mol. The normalized spacial score (nSPS) is 12.3. The van der Waals surface area contributed by atoms with Gasteiger partial charge in [0.2, 0.25) is 5.91 Å². The van der Waals surface area contributed by atoms with E-state index >= 15 is 0 Å². The lowest BCUT2D eigenvalue weighted by molar-refractivity contribution is -0.385. The molecule has 0 saturated heterocycles. The first-order valence-corrected chi connectivity index (χ1v) is 7.99. The average molecular weight is 382 g/mol. The van der Waals surface area contributed by atoms with E-state index in [0.29, 0.717) is 0 Å². The van der Waals surface area contributed by atoms with Gasteiger partial charge in [-0.3, -0.25) is 14.9 Å². The third-order valence-corrected chi connectivity index (χ3v) is 3.63. The Morgan fingerprint density at radius 1 is 1.19 bits per heavy atom. The van der Waals surface area contributed by atoms with Crippen LogP contribution in [0.2, 0.25) is 0 Å². The van der Waals surface area contributed by atoms with Crippen LogP contribution in [-0.4, -0.2) is 23.5 Å². The summed E-state index contributed by atoms with van der Waals surface area (Å²) in [4.78, 5) is 22.4. The van der Waals surface area contributed by atoms with Crippen LogP contribution in [0, 0.1) is 10.1 Å². The highest BCUT2D eigenvalue weighted by Gasteiger charge is 2.34. The summed E-state index contributed by atoms with van der Waals surface area (Å²) in [5.74, 6) is -0.825. The molecule has 1 amide bonds. The number of amides is 1. The van der Waals surface area contributed by atoms with Crippen LogP contribution in [0.5, 0.6) is 5.75 Å². The highest BCUT2D eigenvalue weighted by Crippen LogP contribution is 2.35. The van der Waals surface area contributed by atoms with E-state index in [2.05, 4.69) is 5.32 Å². The molecule has 0 saturated carbocycles. The Hall–Kier alpha value is -3.10. The standard InChI is InChI=1S/C18H17F3N2O4/c1-12(11-27-16-9-5-3-7-14(16)18(19,20)21)22-17(24)10-13-6-2-4-8-15(13)23(25)26/h2-9,12H,10-11H2,1H3,(H,22,24). The van der Waals surface area contributed by atoms with Crippen molar-refractivity contribution in [2.45, 2.75) is 25.6 Å². The molecule has 27 heavy (non-hydrogen) atoms. The molecule has 0 aliphatic rings. The second kappa shape index (κ2) is 8.52. The highest BCUT2D eigenvalue weighted by atomic mass is 19.4. The number of halogens is 3. The van der Waals surface area contributed by atoms with E-state index in [1.165, 1.54) is 36.4 Å². The number of nitrogens with zero attached hydrogens (tertiary/aromatic N) is 1. The zero-order chi connectivity index (χ0) is 20.0. The molecule has 2 aromatic rings. The zero-order valence-electron chi connectivity index (χ0n) is 14.3. The van der Waals surface area contributed by atoms with Crippen molar-refractivity contribution in [3.05, 3.63) is 69.8 Å². The Kier molecular flexibility index (Phi) is 6.38. The number of hydrogen-bond acceptors (Lipinski definition) is 4. The van der Waals surface area contributed by atoms with Gasteiger partial charge in [0.15, 0.2) is 0 Å². The lowest BCUT2D eigenvalue weighted by atomic mass is 10.1. The van der Waals surface area contributed by atoms with Crippen molar-refractivity contribution in [1.29, 1.82) is 0 Å². The molecule has 1 atom stereocenters. The fraction of sp³-hybridized carbons (Fsp3) is 0.278. The van der Waals surface area contributed by atoms with Gasteiger partial charge in [-0.1, -0.05) is 30.3 Å². The van der Waals surface area contributed by atoms with Crippen LogP contribution in [0.15, 0.2) is 48.5 Å². The fourth-order valence-corrected chi connectivity index (χ4v) is 2.42. The largest absolute Gasteiger partial charge is 0.491 e. The van der Waals surface area contributed by atoms with E-state index in [4.69, 9.17) is 4.74 Å². The van der Waals surface area contributed by atoms with Crippen molar-refractivity contribution in [3.8, 4) is 5.75 Å². The number of nitro benzene ring substituents is 1. The number of benzene rings is 2. The summed E-state index contributed by atoms with van der Waals surface area (Å²) in [5, 5.41) is 13.5. The molecule has 0 bridgehead atoms. The fourth-order valence-electron chi connectivity index (χ4n) is 2.42. The molecule has 0 aromatic heterocycles. The number of alkyl halides is 3. The average Bonchev–Trinajstić information content (AvgIpc) is 2.59. The Morgan fingerprint density at radius 3 is 2.48 bits per heavy atom. The molecule has 1 N–H and O–H groups in total. The van der Waals surface area contributed by atoms with Crippen molar-refractivity contribution in [2.24, 2.45) is 0 Å². The Bertz CT molecular complexity index is 824. The third kappa shape index (κ3) is 5.70. The molecule has 0 aliphatic heterocycles. The minimum atomic E-state index is -4.55. The van der Waals surface area contributed by atoms with E-state index in [0.717, 1.165) is 6.07 Å². The highest BCUT2D eigenvalue weighted by molar-refractivity contribution is 5.80. The first kappa shape index (κ1) is 20.2. The van der Waals surface area contributed by atoms with E-state index in [-0.39, 0.29) is 30.0 Å². The number of nitro groups is 1. The molecule has 0 fully saturated rings. The van der Waals surface area contributed by atoms with E-state index < -0.39 is 28.6 Å². The van der Waals surface area contributed by atoms with Crippen molar-refractivity contribution >= 4 is 11.6 Å². The molecule has 1 unspecified atom stereocenters. The number of hydrogen-bond donors (Lipinski definition) is 1. The first-order chi connectivity index (χ1) is 12.7. The van der Waals surface area contributed by atoms with Gasteiger partial charge in [0.05, 0.1) is 22.9 Å². The summed E-state index contributed by atoms with van der Waals surface area (Å²) < 4.78 is 44.0. The molecule has 0 radical (unpaired) electrons. The van der Waals surface area contributed by atoms with Gasteiger partial charge >= 0.3 is 6.18 Å². The maximum Gasteiger partial charge on any atom is 0.419 e. The SMILES string of the molecule is CC(COc1ccccc1C(F)(F)F)NC(=O)Cc1ccccc1[N+](=O)[O-]. The smallest absolute Gasteiger partial charge is 0.419 e. The maximum absolute atomic E-state index is 12.9. The van der Waals surface area contributed by atoms with Gasteiger partial charge in [0, 0.05) is 11.6 Å². The number of para-hydroxylation sites is 2. The van der Waals surface area contributed by atoms with Crippen LogP contribution < -0.4 is 10.1 Å². The van der Waals surface area contributed by atoms with Gasteiger partial charge in [-0.25, -0.2) is 0 Å². The molecule has 0 spiro atoms. The van der Waals surface area contributed by atoms with E-state index in [9.17, 15) is 28.1 Å². The summed E-state index contributed by atoms with van der Waals surface area (Å²) in [5.41, 5.74) is -0.824. The van der Waals surface area contributed by atoms with E-state index in [1.54, 1.807) is 13.0 Å². The Morgan fingerprint density at radius 2 is 1.81 bits per heavy atom. The second-order valence-electron chi connectivity index (χ2n) is 5.84. The molecule has 144 valence electrons. The van der Waals surface area contributed by atoms with Crippen molar-refractivity contribution in [1.82, 2.24) is 5.32 Å². The van der Waals surface area contributed by atoms with Crippen molar-refractivity contribution in [2.75, 3.05) is 6.61 Å². The summed E-state index contributed by atoms with van der Waals surface area (Å²) in [6.45, 7) is 1.38.